The number of carbonyl (C=O) groups is 1. The minimum absolute atomic E-state index is 0.0112. The van der Waals surface area contributed by atoms with Crippen LogP contribution in [-0.2, 0) is 4.79 Å². The third-order valence-electron chi connectivity index (χ3n) is 3.02. The molecule has 0 fully saturated rings. The van der Waals surface area contributed by atoms with Crippen LogP contribution in [0.2, 0.25) is 0 Å². The van der Waals surface area contributed by atoms with E-state index in [4.69, 9.17) is 20.3 Å². The molecule has 0 aromatic heterocycles. The Balaban J connectivity index is 2.27. The summed E-state index contributed by atoms with van der Waals surface area (Å²) >= 11 is 0. The molecule has 2 rings (SSSR count). The Morgan fingerprint density at radius 2 is 2.06 bits per heavy atom. The summed E-state index contributed by atoms with van der Waals surface area (Å²) < 4.78 is 10.9. The van der Waals surface area contributed by atoms with Crippen molar-refractivity contribution in [3.05, 3.63) is 23.8 Å². The highest BCUT2D eigenvalue weighted by Crippen LogP contribution is 2.34. The highest BCUT2D eigenvalue weighted by molar-refractivity contribution is 5.68. The van der Waals surface area contributed by atoms with E-state index in [9.17, 15) is 4.79 Å². The van der Waals surface area contributed by atoms with E-state index >= 15 is 0 Å². The second-order valence-electron chi connectivity index (χ2n) is 4.47. The van der Waals surface area contributed by atoms with Crippen molar-refractivity contribution in [2.45, 2.75) is 25.3 Å². The largest absolute Gasteiger partial charge is 0.486 e. The van der Waals surface area contributed by atoms with Gasteiger partial charge < -0.3 is 20.3 Å². The van der Waals surface area contributed by atoms with Gasteiger partial charge in [0.1, 0.15) is 13.2 Å². The van der Waals surface area contributed by atoms with Crippen LogP contribution in [0, 0.1) is 0 Å². The lowest BCUT2D eigenvalue weighted by Gasteiger charge is -2.23. The maximum Gasteiger partial charge on any atom is 0.304 e. The number of nitrogens with two attached hydrogens (primary N) is 1. The molecule has 98 valence electrons. The molecule has 0 amide bonds. The summed E-state index contributed by atoms with van der Waals surface area (Å²) in [4.78, 5) is 10.9. The average Bonchev–Trinajstić information content (AvgIpc) is 2.35. The van der Waals surface area contributed by atoms with Crippen LogP contribution in [0.5, 0.6) is 11.5 Å². The van der Waals surface area contributed by atoms with Crippen LogP contribution in [0.4, 0.5) is 0 Å². The maximum atomic E-state index is 10.9. The van der Waals surface area contributed by atoms with Crippen molar-refractivity contribution >= 4 is 5.97 Å². The molecule has 1 heterocycles. The molecule has 3 N–H and O–H groups in total. The zero-order valence-electron chi connectivity index (χ0n) is 10.3. The molecular formula is C13H17NO4. The van der Waals surface area contributed by atoms with Crippen molar-refractivity contribution in [1.29, 1.82) is 0 Å². The lowest BCUT2D eigenvalue weighted by atomic mass is 9.89. The van der Waals surface area contributed by atoms with E-state index in [0.717, 1.165) is 5.56 Å². The fraction of sp³-hybridized carbons (Fsp3) is 0.462. The van der Waals surface area contributed by atoms with Gasteiger partial charge in [-0.3, -0.25) is 4.79 Å². The Labute approximate surface area is 106 Å². The van der Waals surface area contributed by atoms with E-state index in [1.54, 1.807) is 6.07 Å². The van der Waals surface area contributed by atoms with Crippen LogP contribution in [0.3, 0.4) is 0 Å². The van der Waals surface area contributed by atoms with Crippen LogP contribution >= 0.6 is 0 Å². The van der Waals surface area contributed by atoms with Gasteiger partial charge in [-0.1, -0.05) is 6.07 Å². The molecule has 5 nitrogen and oxygen atoms in total. The van der Waals surface area contributed by atoms with Crippen LogP contribution in [0.15, 0.2) is 18.2 Å². The fourth-order valence-electron chi connectivity index (χ4n) is 2.09. The Hall–Kier alpha value is -1.75. The molecule has 18 heavy (non-hydrogen) atoms. The number of hydrogen-bond acceptors (Lipinski definition) is 4. The van der Waals surface area contributed by atoms with Gasteiger partial charge in [-0.2, -0.15) is 0 Å². The monoisotopic (exact) mass is 251 g/mol. The van der Waals surface area contributed by atoms with E-state index < -0.39 is 5.97 Å². The third-order valence-corrected chi connectivity index (χ3v) is 3.02. The Bertz CT molecular complexity index is 445. The molecular weight excluding hydrogens is 234 g/mol. The smallest absolute Gasteiger partial charge is 0.304 e. The van der Waals surface area contributed by atoms with Crippen LogP contribution in [0.1, 0.15) is 24.8 Å². The Kier molecular flexibility index (Phi) is 3.72. The van der Waals surface area contributed by atoms with Gasteiger partial charge in [-0.25, -0.2) is 0 Å². The van der Waals surface area contributed by atoms with Crippen molar-refractivity contribution in [2.24, 2.45) is 5.73 Å². The minimum Gasteiger partial charge on any atom is -0.486 e. The molecule has 2 atom stereocenters. The molecule has 1 aromatic rings. The fourth-order valence-corrected chi connectivity index (χ4v) is 2.09. The zero-order valence-corrected chi connectivity index (χ0v) is 10.3. The Morgan fingerprint density at radius 3 is 2.67 bits per heavy atom. The number of hydrogen-bond donors (Lipinski definition) is 2. The van der Waals surface area contributed by atoms with Crippen LogP contribution < -0.4 is 15.2 Å². The second kappa shape index (κ2) is 5.27. The molecule has 0 bridgehead atoms. The molecule has 0 spiro atoms. The SMILES string of the molecule is CC(N)C(CC(=O)O)c1ccc2c(c1)OCCO2. The van der Waals surface area contributed by atoms with Gasteiger partial charge in [-0.15, -0.1) is 0 Å². The van der Waals surface area contributed by atoms with Crippen molar-refractivity contribution in [2.75, 3.05) is 13.2 Å². The molecule has 0 saturated carbocycles. The van der Waals surface area contributed by atoms with Crippen molar-refractivity contribution < 1.29 is 19.4 Å². The van der Waals surface area contributed by atoms with Gasteiger partial charge >= 0.3 is 5.97 Å². The van der Waals surface area contributed by atoms with E-state index in [1.807, 2.05) is 19.1 Å². The van der Waals surface area contributed by atoms with E-state index in [1.165, 1.54) is 0 Å². The van der Waals surface area contributed by atoms with E-state index in [2.05, 4.69) is 0 Å². The molecule has 0 aliphatic carbocycles. The predicted molar refractivity (Wildman–Crippen MR) is 66.1 cm³/mol. The Morgan fingerprint density at radius 1 is 1.39 bits per heavy atom. The summed E-state index contributed by atoms with van der Waals surface area (Å²) in [6.45, 7) is 2.86. The number of benzene rings is 1. The van der Waals surface area contributed by atoms with Gasteiger partial charge in [-0.05, 0) is 24.6 Å². The lowest BCUT2D eigenvalue weighted by Crippen LogP contribution is -2.27. The number of fused-ring (bicyclic) bond motifs is 1. The minimum atomic E-state index is -0.854. The molecule has 1 aromatic carbocycles. The number of carboxylic acids is 1. The summed E-state index contributed by atoms with van der Waals surface area (Å²) in [6.07, 6.45) is 0.0112. The summed E-state index contributed by atoms with van der Waals surface area (Å²) in [5.74, 6) is 0.282. The first-order valence-corrected chi connectivity index (χ1v) is 5.95. The highest BCUT2D eigenvalue weighted by atomic mass is 16.6. The van der Waals surface area contributed by atoms with Crippen molar-refractivity contribution in [1.82, 2.24) is 0 Å². The quantitative estimate of drug-likeness (QED) is 0.844. The third kappa shape index (κ3) is 2.73. The van der Waals surface area contributed by atoms with Gasteiger partial charge in [0.2, 0.25) is 0 Å². The van der Waals surface area contributed by atoms with Gasteiger partial charge in [0, 0.05) is 12.0 Å². The summed E-state index contributed by atoms with van der Waals surface area (Å²) in [7, 11) is 0. The number of aliphatic carboxylic acids is 1. The number of rotatable bonds is 4. The van der Waals surface area contributed by atoms with Crippen molar-refractivity contribution in [3.8, 4) is 11.5 Å². The van der Waals surface area contributed by atoms with Crippen LogP contribution in [0.25, 0.3) is 0 Å². The van der Waals surface area contributed by atoms with Gasteiger partial charge in [0.15, 0.2) is 11.5 Å². The molecule has 1 aliphatic rings. The first kappa shape index (κ1) is 12.7. The maximum absolute atomic E-state index is 10.9. The first-order valence-electron chi connectivity index (χ1n) is 5.95. The van der Waals surface area contributed by atoms with E-state index in [-0.39, 0.29) is 18.4 Å². The average molecular weight is 251 g/mol. The molecule has 2 unspecified atom stereocenters. The predicted octanol–water partition coefficient (Wildman–Crippen LogP) is 1.36. The molecule has 1 aliphatic heterocycles. The number of ether oxygens (including phenoxy) is 2. The summed E-state index contributed by atoms with van der Waals surface area (Å²) in [5, 5.41) is 8.92. The second-order valence-corrected chi connectivity index (χ2v) is 4.47. The van der Waals surface area contributed by atoms with Gasteiger partial charge in [0.05, 0.1) is 6.42 Å². The normalized spacial score (nSPS) is 17.0. The standard InChI is InChI=1S/C13H17NO4/c1-8(14)10(7-13(15)16)9-2-3-11-12(6-9)18-5-4-17-11/h2-3,6,8,10H,4-5,7,14H2,1H3,(H,15,16). The lowest BCUT2D eigenvalue weighted by molar-refractivity contribution is -0.137. The molecule has 0 radical (unpaired) electrons. The van der Waals surface area contributed by atoms with E-state index in [0.29, 0.717) is 24.7 Å². The number of carboxylic acid groups (broad SMARTS) is 1. The van der Waals surface area contributed by atoms with Gasteiger partial charge in [0.25, 0.3) is 0 Å². The molecule has 5 heteroatoms. The van der Waals surface area contributed by atoms with Crippen LogP contribution in [-0.4, -0.2) is 30.3 Å². The highest BCUT2D eigenvalue weighted by Gasteiger charge is 2.22. The molecule has 0 saturated heterocycles. The summed E-state index contributed by atoms with van der Waals surface area (Å²) in [6, 6.07) is 5.25. The van der Waals surface area contributed by atoms with Crippen molar-refractivity contribution in [3.63, 3.8) is 0 Å². The summed E-state index contributed by atoms with van der Waals surface area (Å²) in [5.41, 5.74) is 6.73. The topological polar surface area (TPSA) is 81.8 Å². The first-order chi connectivity index (χ1) is 8.58. The zero-order chi connectivity index (χ0) is 13.1.